The van der Waals surface area contributed by atoms with Gasteiger partial charge >= 0.3 is 12.1 Å². The molecule has 0 bridgehead atoms. The molecule has 1 aliphatic heterocycles. The van der Waals surface area contributed by atoms with E-state index in [-0.39, 0.29) is 18.6 Å². The zero-order chi connectivity index (χ0) is 13.8. The first-order chi connectivity index (χ1) is 9.08. The normalized spacial score (nSPS) is 25.8. The van der Waals surface area contributed by atoms with Crippen LogP contribution in [-0.2, 0) is 20.9 Å². The van der Waals surface area contributed by atoms with Crippen molar-refractivity contribution in [1.29, 1.82) is 0 Å². The molecule has 0 radical (unpaired) electrons. The van der Waals surface area contributed by atoms with Crippen LogP contribution in [0.2, 0.25) is 0 Å². The fourth-order valence-electron chi connectivity index (χ4n) is 1.93. The Bertz CT molecular complexity index is 460. The number of cyclic esters (lactones) is 1. The quantitative estimate of drug-likeness (QED) is 0.845. The zero-order valence-corrected chi connectivity index (χ0v) is 11.0. The summed E-state index contributed by atoms with van der Waals surface area (Å²) in [5, 5.41) is 2.54. The van der Waals surface area contributed by atoms with Gasteiger partial charge < -0.3 is 14.8 Å². The Morgan fingerprint density at radius 3 is 2.58 bits per heavy atom. The minimum Gasteiger partial charge on any atom is -0.461 e. The van der Waals surface area contributed by atoms with Gasteiger partial charge in [-0.2, -0.15) is 0 Å². The number of nitrogens with one attached hydrogen (secondary N) is 1. The van der Waals surface area contributed by atoms with Crippen molar-refractivity contribution in [2.45, 2.75) is 32.6 Å². The van der Waals surface area contributed by atoms with Crippen LogP contribution in [0.4, 0.5) is 4.79 Å². The molecule has 0 saturated carbocycles. The van der Waals surface area contributed by atoms with Gasteiger partial charge in [0.1, 0.15) is 18.8 Å². The van der Waals surface area contributed by atoms with Crippen molar-refractivity contribution < 1.29 is 19.1 Å². The Hall–Kier alpha value is -2.04. The first kappa shape index (κ1) is 13.4. The van der Waals surface area contributed by atoms with Crippen LogP contribution in [0.5, 0.6) is 0 Å². The number of alkyl carbamates (subject to hydrolysis) is 1. The second-order valence-electron chi connectivity index (χ2n) is 4.68. The molecule has 1 amide bonds. The second-order valence-corrected chi connectivity index (χ2v) is 4.68. The van der Waals surface area contributed by atoms with Gasteiger partial charge in [-0.1, -0.05) is 37.3 Å². The molecular formula is C14H17NO4. The first-order valence-electron chi connectivity index (χ1n) is 6.25. The molecule has 102 valence electrons. The maximum Gasteiger partial charge on any atom is 0.408 e. The summed E-state index contributed by atoms with van der Waals surface area (Å²) in [5.41, 5.74) is 0.896. The van der Waals surface area contributed by atoms with Gasteiger partial charge in [-0.15, -0.1) is 0 Å². The number of carbonyl (C=O) groups is 2. The minimum atomic E-state index is -0.627. The number of carbonyl (C=O) groups excluding carboxylic acids is 2. The van der Waals surface area contributed by atoms with Gasteiger partial charge in [0.15, 0.2) is 0 Å². The molecule has 1 N–H and O–H groups in total. The van der Waals surface area contributed by atoms with Crippen molar-refractivity contribution >= 4 is 12.1 Å². The third-order valence-corrected chi connectivity index (χ3v) is 3.31. The summed E-state index contributed by atoms with van der Waals surface area (Å²) in [6.07, 6.45) is -0.793. The van der Waals surface area contributed by atoms with Crippen molar-refractivity contribution in [3.63, 3.8) is 0 Å². The maximum atomic E-state index is 11.6. The number of rotatable bonds is 3. The Morgan fingerprint density at radius 2 is 2.00 bits per heavy atom. The SMILES string of the molecule is C[C@H]1[C@H](C)OC(=O)[C@H]1NC(=O)OCc1ccccc1. The molecular weight excluding hydrogens is 246 g/mol. The van der Waals surface area contributed by atoms with E-state index in [1.165, 1.54) is 0 Å². The Labute approximate surface area is 111 Å². The monoisotopic (exact) mass is 263 g/mol. The van der Waals surface area contributed by atoms with Crippen molar-refractivity contribution in [1.82, 2.24) is 5.32 Å². The number of esters is 1. The number of hydrogen-bond acceptors (Lipinski definition) is 4. The summed E-state index contributed by atoms with van der Waals surface area (Å²) in [6.45, 7) is 3.84. The lowest BCUT2D eigenvalue weighted by molar-refractivity contribution is -0.142. The van der Waals surface area contributed by atoms with E-state index < -0.39 is 18.1 Å². The summed E-state index contributed by atoms with van der Waals surface area (Å²) in [6, 6.07) is 8.73. The minimum absolute atomic E-state index is 0.0585. The van der Waals surface area contributed by atoms with E-state index >= 15 is 0 Å². The molecule has 1 aromatic carbocycles. The van der Waals surface area contributed by atoms with Crippen LogP contribution in [-0.4, -0.2) is 24.2 Å². The van der Waals surface area contributed by atoms with Gasteiger partial charge in [0.2, 0.25) is 0 Å². The average Bonchev–Trinajstić information content (AvgIpc) is 2.64. The molecule has 0 aromatic heterocycles. The molecule has 1 aromatic rings. The van der Waals surface area contributed by atoms with Gasteiger partial charge in [-0.3, -0.25) is 0 Å². The van der Waals surface area contributed by atoms with Crippen molar-refractivity contribution in [3.8, 4) is 0 Å². The van der Waals surface area contributed by atoms with Crippen LogP contribution >= 0.6 is 0 Å². The van der Waals surface area contributed by atoms with Crippen LogP contribution in [0.3, 0.4) is 0 Å². The van der Waals surface area contributed by atoms with Crippen LogP contribution in [0, 0.1) is 5.92 Å². The highest BCUT2D eigenvalue weighted by Gasteiger charge is 2.40. The van der Waals surface area contributed by atoms with Gasteiger partial charge in [-0.25, -0.2) is 9.59 Å². The molecule has 0 aliphatic carbocycles. The summed E-state index contributed by atoms with van der Waals surface area (Å²) in [4.78, 5) is 23.1. The van der Waals surface area contributed by atoms with Gasteiger partial charge in [0, 0.05) is 5.92 Å². The molecule has 1 aliphatic rings. The molecule has 0 spiro atoms. The molecule has 1 heterocycles. The highest BCUT2D eigenvalue weighted by Crippen LogP contribution is 2.21. The lowest BCUT2D eigenvalue weighted by Crippen LogP contribution is -2.42. The molecule has 1 saturated heterocycles. The van der Waals surface area contributed by atoms with E-state index in [0.29, 0.717) is 0 Å². The third-order valence-electron chi connectivity index (χ3n) is 3.31. The molecule has 0 unspecified atom stereocenters. The highest BCUT2D eigenvalue weighted by atomic mass is 16.6. The van der Waals surface area contributed by atoms with Crippen molar-refractivity contribution in [2.24, 2.45) is 5.92 Å². The van der Waals surface area contributed by atoms with E-state index in [2.05, 4.69) is 5.32 Å². The fraction of sp³-hybridized carbons (Fsp3) is 0.429. The summed E-state index contributed by atoms with van der Waals surface area (Å²) >= 11 is 0. The largest absolute Gasteiger partial charge is 0.461 e. The van der Waals surface area contributed by atoms with E-state index in [9.17, 15) is 9.59 Å². The standard InChI is InChI=1S/C14H17NO4/c1-9-10(2)19-13(16)12(9)15-14(17)18-8-11-6-4-3-5-7-11/h3-7,9-10,12H,8H2,1-2H3,(H,15,17)/t9-,10-,12-/m0/s1. The van der Waals surface area contributed by atoms with Gasteiger partial charge in [0.05, 0.1) is 0 Å². The molecule has 19 heavy (non-hydrogen) atoms. The number of ether oxygens (including phenoxy) is 2. The van der Waals surface area contributed by atoms with E-state index in [4.69, 9.17) is 9.47 Å². The lowest BCUT2D eigenvalue weighted by Gasteiger charge is -2.14. The molecule has 5 heteroatoms. The molecule has 5 nitrogen and oxygen atoms in total. The molecule has 3 atom stereocenters. The fourth-order valence-corrected chi connectivity index (χ4v) is 1.93. The maximum absolute atomic E-state index is 11.6. The van der Waals surface area contributed by atoms with Gasteiger partial charge in [-0.05, 0) is 12.5 Å². The predicted octanol–water partition coefficient (Wildman–Crippen LogP) is 1.86. The third kappa shape index (κ3) is 3.24. The Kier molecular flexibility index (Phi) is 4.04. The number of benzene rings is 1. The predicted molar refractivity (Wildman–Crippen MR) is 68.3 cm³/mol. The zero-order valence-electron chi connectivity index (χ0n) is 11.0. The summed E-state index contributed by atoms with van der Waals surface area (Å²) in [5.74, 6) is -0.464. The second kappa shape index (κ2) is 5.73. The summed E-state index contributed by atoms with van der Waals surface area (Å²) < 4.78 is 10.1. The van der Waals surface area contributed by atoms with Crippen LogP contribution in [0.15, 0.2) is 30.3 Å². The number of hydrogen-bond donors (Lipinski definition) is 1. The van der Waals surface area contributed by atoms with E-state index in [1.54, 1.807) is 6.92 Å². The first-order valence-corrected chi connectivity index (χ1v) is 6.25. The van der Waals surface area contributed by atoms with Crippen molar-refractivity contribution in [2.75, 3.05) is 0 Å². The van der Waals surface area contributed by atoms with Crippen LogP contribution in [0.1, 0.15) is 19.4 Å². The Morgan fingerprint density at radius 1 is 1.32 bits per heavy atom. The molecule has 2 rings (SSSR count). The van der Waals surface area contributed by atoms with Gasteiger partial charge in [0.25, 0.3) is 0 Å². The topological polar surface area (TPSA) is 64.6 Å². The average molecular weight is 263 g/mol. The number of amides is 1. The van der Waals surface area contributed by atoms with Crippen molar-refractivity contribution in [3.05, 3.63) is 35.9 Å². The Balaban J connectivity index is 1.83. The van der Waals surface area contributed by atoms with Crippen LogP contribution < -0.4 is 5.32 Å². The lowest BCUT2D eigenvalue weighted by atomic mass is 10.0. The highest BCUT2D eigenvalue weighted by molar-refractivity contribution is 5.83. The summed E-state index contributed by atoms with van der Waals surface area (Å²) in [7, 11) is 0. The molecule has 1 fully saturated rings. The van der Waals surface area contributed by atoms with E-state index in [1.807, 2.05) is 37.3 Å². The van der Waals surface area contributed by atoms with E-state index in [0.717, 1.165) is 5.56 Å². The van der Waals surface area contributed by atoms with Crippen LogP contribution in [0.25, 0.3) is 0 Å². The smallest absolute Gasteiger partial charge is 0.408 e.